The third kappa shape index (κ3) is 2.70. The Labute approximate surface area is 108 Å². The first-order valence-corrected chi connectivity index (χ1v) is 6.39. The zero-order valence-electron chi connectivity index (χ0n) is 10.2. The number of aromatic amines is 1. The third-order valence-corrected chi connectivity index (χ3v) is 3.13. The van der Waals surface area contributed by atoms with Gasteiger partial charge in [-0.2, -0.15) is 0 Å². The van der Waals surface area contributed by atoms with Gasteiger partial charge in [-0.1, -0.05) is 6.92 Å². The summed E-state index contributed by atoms with van der Waals surface area (Å²) in [4.78, 5) is 19.9. The van der Waals surface area contributed by atoms with Crippen molar-refractivity contribution in [3.8, 4) is 0 Å². The fourth-order valence-corrected chi connectivity index (χ4v) is 2.23. The summed E-state index contributed by atoms with van der Waals surface area (Å²) in [7, 11) is 1.78. The van der Waals surface area contributed by atoms with Gasteiger partial charge >= 0.3 is 5.69 Å². The van der Waals surface area contributed by atoms with Gasteiger partial charge in [-0.05, 0) is 18.2 Å². The standard InChI is InChI=1S/C10H14N6OS/c1-3-4-16-9(17)14-15-10(16)18-8-6-12-5-7(11-2)13-8/h5-6H,3-4H2,1-2H3,(H,11,13)(H,14,17). The second kappa shape index (κ2) is 5.67. The molecule has 0 unspecified atom stereocenters. The maximum absolute atomic E-state index is 11.5. The molecule has 8 heteroatoms. The fourth-order valence-electron chi connectivity index (χ4n) is 1.41. The van der Waals surface area contributed by atoms with Gasteiger partial charge in [-0.15, -0.1) is 5.10 Å². The molecule has 2 aromatic rings. The Morgan fingerprint density at radius 3 is 3.06 bits per heavy atom. The van der Waals surface area contributed by atoms with Crippen LogP contribution in [0.5, 0.6) is 0 Å². The van der Waals surface area contributed by atoms with Crippen molar-refractivity contribution in [2.75, 3.05) is 12.4 Å². The van der Waals surface area contributed by atoms with E-state index < -0.39 is 0 Å². The topological polar surface area (TPSA) is 88.5 Å². The highest BCUT2D eigenvalue weighted by molar-refractivity contribution is 7.99. The second-order valence-corrected chi connectivity index (χ2v) is 4.55. The van der Waals surface area contributed by atoms with E-state index in [0.717, 1.165) is 6.42 Å². The first-order chi connectivity index (χ1) is 8.74. The molecule has 0 aliphatic rings. The van der Waals surface area contributed by atoms with Crippen molar-refractivity contribution < 1.29 is 0 Å². The van der Waals surface area contributed by atoms with Gasteiger partial charge in [0.25, 0.3) is 0 Å². The third-order valence-electron chi connectivity index (χ3n) is 2.23. The van der Waals surface area contributed by atoms with E-state index in [2.05, 4.69) is 25.5 Å². The van der Waals surface area contributed by atoms with E-state index in [1.54, 1.807) is 24.0 Å². The molecule has 96 valence electrons. The summed E-state index contributed by atoms with van der Waals surface area (Å²) in [5.41, 5.74) is -0.197. The molecule has 0 aliphatic carbocycles. The zero-order chi connectivity index (χ0) is 13.0. The molecule has 0 spiro atoms. The number of H-pyrrole nitrogens is 1. The van der Waals surface area contributed by atoms with Gasteiger partial charge in [0.05, 0.1) is 12.4 Å². The smallest absolute Gasteiger partial charge is 0.343 e. The van der Waals surface area contributed by atoms with Crippen molar-refractivity contribution in [2.45, 2.75) is 30.1 Å². The van der Waals surface area contributed by atoms with Crippen LogP contribution >= 0.6 is 11.8 Å². The highest BCUT2D eigenvalue weighted by Crippen LogP contribution is 2.23. The number of aromatic nitrogens is 5. The second-order valence-electron chi connectivity index (χ2n) is 3.56. The van der Waals surface area contributed by atoms with Gasteiger partial charge in [-0.25, -0.2) is 14.9 Å². The Bertz CT molecular complexity index is 578. The number of rotatable bonds is 5. The molecule has 0 bridgehead atoms. The van der Waals surface area contributed by atoms with E-state index in [-0.39, 0.29) is 5.69 Å². The van der Waals surface area contributed by atoms with Crippen LogP contribution in [0.3, 0.4) is 0 Å². The molecule has 0 fully saturated rings. The molecule has 18 heavy (non-hydrogen) atoms. The van der Waals surface area contributed by atoms with Crippen LogP contribution in [-0.2, 0) is 6.54 Å². The van der Waals surface area contributed by atoms with E-state index in [4.69, 9.17) is 0 Å². The van der Waals surface area contributed by atoms with E-state index in [0.29, 0.717) is 22.5 Å². The number of anilines is 1. The normalized spacial score (nSPS) is 10.6. The van der Waals surface area contributed by atoms with Crippen LogP contribution in [0.15, 0.2) is 27.4 Å². The molecule has 0 atom stereocenters. The minimum Gasteiger partial charge on any atom is -0.372 e. The SMILES string of the molecule is CCCn1c(Sc2cncc(NC)n2)n[nH]c1=O. The predicted octanol–water partition coefficient (Wildman–Crippen LogP) is 0.964. The first-order valence-electron chi connectivity index (χ1n) is 5.57. The Kier molecular flexibility index (Phi) is 3.98. The molecular formula is C10H14N6OS. The lowest BCUT2D eigenvalue weighted by Crippen LogP contribution is -2.17. The fraction of sp³-hybridized carbons (Fsp3) is 0.400. The van der Waals surface area contributed by atoms with Crippen molar-refractivity contribution in [3.05, 3.63) is 22.9 Å². The lowest BCUT2D eigenvalue weighted by atomic mass is 10.5. The monoisotopic (exact) mass is 266 g/mol. The van der Waals surface area contributed by atoms with Crippen LogP contribution < -0.4 is 11.0 Å². The summed E-state index contributed by atoms with van der Waals surface area (Å²) in [6.07, 6.45) is 4.14. The molecule has 0 amide bonds. The Morgan fingerprint density at radius 2 is 2.33 bits per heavy atom. The van der Waals surface area contributed by atoms with E-state index in [1.807, 2.05) is 6.92 Å². The van der Waals surface area contributed by atoms with Crippen molar-refractivity contribution in [3.63, 3.8) is 0 Å². The van der Waals surface area contributed by atoms with Gasteiger partial charge < -0.3 is 5.32 Å². The quantitative estimate of drug-likeness (QED) is 0.838. The van der Waals surface area contributed by atoms with Gasteiger partial charge in [0.2, 0.25) is 0 Å². The number of nitrogens with one attached hydrogen (secondary N) is 2. The molecule has 2 N–H and O–H groups in total. The molecular weight excluding hydrogens is 252 g/mol. The van der Waals surface area contributed by atoms with E-state index >= 15 is 0 Å². The van der Waals surface area contributed by atoms with Gasteiger partial charge in [0.1, 0.15) is 10.8 Å². The Hall–Kier alpha value is -1.83. The zero-order valence-corrected chi connectivity index (χ0v) is 11.0. The summed E-state index contributed by atoms with van der Waals surface area (Å²) in [5.74, 6) is 0.680. The van der Waals surface area contributed by atoms with Gasteiger partial charge in [-0.3, -0.25) is 9.55 Å². The Balaban J connectivity index is 2.25. The van der Waals surface area contributed by atoms with Crippen molar-refractivity contribution >= 4 is 17.6 Å². The van der Waals surface area contributed by atoms with Crippen molar-refractivity contribution in [1.82, 2.24) is 24.7 Å². The molecule has 0 aliphatic heterocycles. The molecule has 0 radical (unpaired) electrons. The highest BCUT2D eigenvalue weighted by Gasteiger charge is 2.10. The van der Waals surface area contributed by atoms with Crippen molar-refractivity contribution in [2.24, 2.45) is 0 Å². The summed E-state index contributed by atoms with van der Waals surface area (Å²) < 4.78 is 1.60. The molecule has 0 saturated heterocycles. The van der Waals surface area contributed by atoms with Crippen molar-refractivity contribution in [1.29, 1.82) is 0 Å². The summed E-state index contributed by atoms with van der Waals surface area (Å²) in [6, 6.07) is 0. The number of nitrogens with zero attached hydrogens (tertiary/aromatic N) is 4. The number of hydrogen-bond acceptors (Lipinski definition) is 6. The predicted molar refractivity (Wildman–Crippen MR) is 68.8 cm³/mol. The largest absolute Gasteiger partial charge is 0.372 e. The molecule has 2 rings (SSSR count). The van der Waals surface area contributed by atoms with Crippen LogP contribution in [0.25, 0.3) is 0 Å². The van der Waals surface area contributed by atoms with Crippen LogP contribution in [-0.4, -0.2) is 31.8 Å². The van der Waals surface area contributed by atoms with Crippen LogP contribution in [0, 0.1) is 0 Å². The molecule has 0 saturated carbocycles. The Morgan fingerprint density at radius 1 is 1.50 bits per heavy atom. The summed E-state index contributed by atoms with van der Waals surface area (Å²) >= 11 is 1.31. The van der Waals surface area contributed by atoms with Crippen LogP contribution in [0.1, 0.15) is 13.3 Å². The average Bonchev–Trinajstić information content (AvgIpc) is 2.72. The van der Waals surface area contributed by atoms with Gasteiger partial charge in [0, 0.05) is 13.6 Å². The maximum Gasteiger partial charge on any atom is 0.343 e. The lowest BCUT2D eigenvalue weighted by molar-refractivity contribution is 0.603. The average molecular weight is 266 g/mol. The molecule has 2 aromatic heterocycles. The summed E-state index contributed by atoms with van der Waals surface area (Å²) in [6.45, 7) is 2.64. The molecule has 7 nitrogen and oxygen atoms in total. The number of hydrogen-bond donors (Lipinski definition) is 2. The molecule has 0 aromatic carbocycles. The van der Waals surface area contributed by atoms with E-state index in [1.165, 1.54) is 11.8 Å². The van der Waals surface area contributed by atoms with Crippen LogP contribution in [0.4, 0.5) is 5.82 Å². The maximum atomic E-state index is 11.5. The van der Waals surface area contributed by atoms with E-state index in [9.17, 15) is 4.79 Å². The first kappa shape index (κ1) is 12.6. The minimum atomic E-state index is -0.197. The minimum absolute atomic E-state index is 0.197. The van der Waals surface area contributed by atoms with Crippen LogP contribution in [0.2, 0.25) is 0 Å². The highest BCUT2D eigenvalue weighted by atomic mass is 32.2. The summed E-state index contributed by atoms with van der Waals surface area (Å²) in [5, 5.41) is 10.6. The van der Waals surface area contributed by atoms with Gasteiger partial charge in [0.15, 0.2) is 5.16 Å². The lowest BCUT2D eigenvalue weighted by Gasteiger charge is -2.04. The molecule has 2 heterocycles.